The van der Waals surface area contributed by atoms with Gasteiger partial charge >= 0.3 is 0 Å². The number of para-hydroxylation sites is 1. The van der Waals surface area contributed by atoms with Crippen molar-refractivity contribution in [2.75, 3.05) is 13.1 Å². The summed E-state index contributed by atoms with van der Waals surface area (Å²) in [5.74, 6) is 1.92. The molecule has 1 heterocycles. The van der Waals surface area contributed by atoms with Gasteiger partial charge in [-0.1, -0.05) is 18.2 Å². The van der Waals surface area contributed by atoms with Crippen molar-refractivity contribution in [3.63, 3.8) is 0 Å². The van der Waals surface area contributed by atoms with E-state index < -0.39 is 0 Å². The number of piperidine rings is 1. The third-order valence-corrected chi connectivity index (χ3v) is 4.11. The van der Waals surface area contributed by atoms with Gasteiger partial charge in [0.1, 0.15) is 11.5 Å². The first-order chi connectivity index (χ1) is 10.7. The van der Waals surface area contributed by atoms with E-state index in [9.17, 15) is 4.79 Å². The molecule has 1 aliphatic heterocycles. The molecule has 1 saturated heterocycles. The van der Waals surface area contributed by atoms with Gasteiger partial charge in [0.15, 0.2) is 5.78 Å². The number of ketones is 1. The second-order valence-corrected chi connectivity index (χ2v) is 5.80. The SMILES string of the molecule is Cc1cc(Oc2ccccc2)ccc1C(=O)C1CCCNC1. The van der Waals surface area contributed by atoms with Crippen molar-refractivity contribution in [1.29, 1.82) is 0 Å². The van der Waals surface area contributed by atoms with Crippen LogP contribution in [0.25, 0.3) is 0 Å². The van der Waals surface area contributed by atoms with Crippen molar-refractivity contribution < 1.29 is 9.53 Å². The van der Waals surface area contributed by atoms with Crippen molar-refractivity contribution in [2.24, 2.45) is 5.92 Å². The lowest BCUT2D eigenvalue weighted by molar-refractivity contribution is 0.0899. The molecular formula is C19H21NO2. The number of rotatable bonds is 4. The van der Waals surface area contributed by atoms with Gasteiger partial charge < -0.3 is 10.1 Å². The first-order valence-electron chi connectivity index (χ1n) is 7.82. The van der Waals surface area contributed by atoms with Crippen LogP contribution in [0.15, 0.2) is 48.5 Å². The monoisotopic (exact) mass is 295 g/mol. The van der Waals surface area contributed by atoms with E-state index >= 15 is 0 Å². The lowest BCUT2D eigenvalue weighted by Gasteiger charge is -2.22. The van der Waals surface area contributed by atoms with Crippen LogP contribution < -0.4 is 10.1 Å². The van der Waals surface area contributed by atoms with E-state index in [4.69, 9.17) is 4.74 Å². The van der Waals surface area contributed by atoms with Gasteiger partial charge in [0.2, 0.25) is 0 Å². The van der Waals surface area contributed by atoms with Crippen molar-refractivity contribution in [3.05, 3.63) is 59.7 Å². The Hall–Kier alpha value is -2.13. The van der Waals surface area contributed by atoms with Gasteiger partial charge in [0, 0.05) is 18.0 Å². The average Bonchev–Trinajstić information content (AvgIpc) is 2.56. The topological polar surface area (TPSA) is 38.3 Å². The molecule has 1 unspecified atom stereocenters. The molecule has 1 atom stereocenters. The highest BCUT2D eigenvalue weighted by molar-refractivity contribution is 5.99. The van der Waals surface area contributed by atoms with Gasteiger partial charge in [-0.25, -0.2) is 0 Å². The number of carbonyl (C=O) groups is 1. The third-order valence-electron chi connectivity index (χ3n) is 4.11. The molecule has 3 nitrogen and oxygen atoms in total. The number of benzene rings is 2. The zero-order valence-electron chi connectivity index (χ0n) is 12.8. The smallest absolute Gasteiger partial charge is 0.167 e. The zero-order valence-corrected chi connectivity index (χ0v) is 12.8. The fourth-order valence-electron chi connectivity index (χ4n) is 2.90. The molecular weight excluding hydrogens is 274 g/mol. The fourth-order valence-corrected chi connectivity index (χ4v) is 2.90. The molecule has 0 saturated carbocycles. The van der Waals surface area contributed by atoms with Crippen molar-refractivity contribution in [1.82, 2.24) is 5.32 Å². The molecule has 1 fully saturated rings. The molecule has 0 radical (unpaired) electrons. The van der Waals surface area contributed by atoms with E-state index in [1.54, 1.807) is 0 Å². The minimum Gasteiger partial charge on any atom is -0.457 e. The Morgan fingerprint density at radius 1 is 1.14 bits per heavy atom. The lowest BCUT2D eigenvalue weighted by atomic mass is 9.89. The summed E-state index contributed by atoms with van der Waals surface area (Å²) >= 11 is 0. The minimum absolute atomic E-state index is 0.105. The Balaban J connectivity index is 1.75. The van der Waals surface area contributed by atoms with E-state index in [2.05, 4.69) is 5.32 Å². The average molecular weight is 295 g/mol. The molecule has 1 aliphatic rings. The number of aryl methyl sites for hydroxylation is 1. The Labute approximate surface area is 131 Å². The lowest BCUT2D eigenvalue weighted by Crippen LogP contribution is -2.34. The van der Waals surface area contributed by atoms with Crippen molar-refractivity contribution in [3.8, 4) is 11.5 Å². The van der Waals surface area contributed by atoms with Crippen molar-refractivity contribution >= 4 is 5.78 Å². The van der Waals surface area contributed by atoms with Gasteiger partial charge in [0.25, 0.3) is 0 Å². The molecule has 0 aromatic heterocycles. The zero-order chi connectivity index (χ0) is 15.4. The molecule has 3 heteroatoms. The second kappa shape index (κ2) is 6.75. The molecule has 1 N–H and O–H groups in total. The van der Waals surface area contributed by atoms with Gasteiger partial charge in [-0.15, -0.1) is 0 Å². The van der Waals surface area contributed by atoms with Crippen LogP contribution in [0.2, 0.25) is 0 Å². The van der Waals surface area contributed by atoms with E-state index in [0.717, 1.165) is 48.6 Å². The highest BCUT2D eigenvalue weighted by Crippen LogP contribution is 2.26. The van der Waals surface area contributed by atoms with E-state index in [-0.39, 0.29) is 11.7 Å². The van der Waals surface area contributed by atoms with Crippen molar-refractivity contribution in [2.45, 2.75) is 19.8 Å². The highest BCUT2D eigenvalue weighted by atomic mass is 16.5. The molecule has 0 amide bonds. The van der Waals surface area contributed by atoms with Crippen LogP contribution in [-0.4, -0.2) is 18.9 Å². The summed E-state index contributed by atoms with van der Waals surface area (Å²) in [6, 6.07) is 15.4. The largest absolute Gasteiger partial charge is 0.457 e. The summed E-state index contributed by atoms with van der Waals surface area (Å²) in [4.78, 5) is 12.6. The van der Waals surface area contributed by atoms with E-state index in [1.165, 1.54) is 0 Å². The quantitative estimate of drug-likeness (QED) is 0.867. The Bertz CT molecular complexity index is 646. The molecule has 0 aliphatic carbocycles. The summed E-state index contributed by atoms with van der Waals surface area (Å²) in [6.45, 7) is 3.79. The molecule has 22 heavy (non-hydrogen) atoms. The molecule has 3 rings (SSSR count). The maximum atomic E-state index is 12.6. The Morgan fingerprint density at radius 2 is 1.95 bits per heavy atom. The van der Waals surface area contributed by atoms with E-state index in [0.29, 0.717) is 0 Å². The van der Waals surface area contributed by atoms with Crippen LogP contribution in [0.4, 0.5) is 0 Å². The highest BCUT2D eigenvalue weighted by Gasteiger charge is 2.23. The number of ether oxygens (including phenoxy) is 1. The summed E-state index contributed by atoms with van der Waals surface area (Å²) in [5, 5.41) is 3.30. The van der Waals surface area contributed by atoms with Gasteiger partial charge in [-0.05, 0) is 62.2 Å². The first-order valence-corrected chi connectivity index (χ1v) is 7.82. The number of Topliss-reactive ketones (excluding diaryl/α,β-unsaturated/α-hetero) is 1. The first kappa shape index (κ1) is 14.8. The van der Waals surface area contributed by atoms with Crippen LogP contribution in [0.5, 0.6) is 11.5 Å². The van der Waals surface area contributed by atoms with Gasteiger partial charge in [-0.3, -0.25) is 4.79 Å². The Kier molecular flexibility index (Phi) is 4.54. The Morgan fingerprint density at radius 3 is 2.64 bits per heavy atom. The van der Waals surface area contributed by atoms with Crippen LogP contribution in [0.1, 0.15) is 28.8 Å². The second-order valence-electron chi connectivity index (χ2n) is 5.80. The molecule has 2 aromatic rings. The normalized spacial score (nSPS) is 18.0. The number of hydrogen-bond donors (Lipinski definition) is 1. The maximum Gasteiger partial charge on any atom is 0.167 e. The predicted octanol–water partition coefficient (Wildman–Crippen LogP) is 3.97. The molecule has 0 bridgehead atoms. The molecule has 0 spiro atoms. The fraction of sp³-hybridized carbons (Fsp3) is 0.316. The van der Waals surface area contributed by atoms with Crippen LogP contribution in [0, 0.1) is 12.8 Å². The minimum atomic E-state index is 0.105. The van der Waals surface area contributed by atoms with Gasteiger partial charge in [-0.2, -0.15) is 0 Å². The standard InChI is InChI=1S/C19H21NO2/c1-14-12-17(22-16-7-3-2-4-8-16)9-10-18(14)19(21)15-6-5-11-20-13-15/h2-4,7-10,12,15,20H,5-6,11,13H2,1H3. The van der Waals surface area contributed by atoms with E-state index in [1.807, 2.05) is 55.5 Å². The van der Waals surface area contributed by atoms with Crippen LogP contribution in [0.3, 0.4) is 0 Å². The third kappa shape index (κ3) is 3.37. The summed E-state index contributed by atoms with van der Waals surface area (Å²) in [5.41, 5.74) is 1.79. The number of nitrogens with one attached hydrogen (secondary N) is 1. The van der Waals surface area contributed by atoms with Crippen LogP contribution >= 0.6 is 0 Å². The summed E-state index contributed by atoms with van der Waals surface area (Å²) < 4.78 is 5.82. The van der Waals surface area contributed by atoms with Crippen LogP contribution in [-0.2, 0) is 0 Å². The summed E-state index contributed by atoms with van der Waals surface area (Å²) in [7, 11) is 0. The molecule has 2 aromatic carbocycles. The number of hydrogen-bond acceptors (Lipinski definition) is 3. The predicted molar refractivity (Wildman–Crippen MR) is 87.6 cm³/mol. The number of carbonyl (C=O) groups excluding carboxylic acids is 1. The molecule has 114 valence electrons. The van der Waals surface area contributed by atoms with Gasteiger partial charge in [0.05, 0.1) is 0 Å². The maximum absolute atomic E-state index is 12.6. The summed E-state index contributed by atoms with van der Waals surface area (Å²) in [6.07, 6.45) is 2.05.